The number of carbonyl (C=O) groups excluding carboxylic acids is 1. The Hall–Kier alpha value is -1.31. The molecule has 0 unspecified atom stereocenters. The van der Waals surface area contributed by atoms with Crippen LogP contribution < -0.4 is 4.74 Å². The minimum absolute atomic E-state index is 0.386. The zero-order valence-corrected chi connectivity index (χ0v) is 11.9. The molecular weight excluding hydrogens is 236 g/mol. The van der Waals surface area contributed by atoms with E-state index in [2.05, 4.69) is 0 Å². The van der Waals surface area contributed by atoms with Crippen molar-refractivity contribution < 1.29 is 9.53 Å². The summed E-state index contributed by atoms with van der Waals surface area (Å²) in [5.41, 5.74) is 1.10. The Morgan fingerprint density at radius 1 is 1.11 bits per heavy atom. The summed E-state index contributed by atoms with van der Waals surface area (Å²) in [5, 5.41) is 0. The highest BCUT2D eigenvalue weighted by Crippen LogP contribution is 2.26. The molecule has 0 aliphatic heterocycles. The molecular formula is C17H24O2. The predicted octanol–water partition coefficient (Wildman–Crippen LogP) is 4.17. The zero-order chi connectivity index (χ0) is 13.5. The second kappa shape index (κ2) is 7.32. The lowest BCUT2D eigenvalue weighted by Gasteiger charge is -2.12. The Morgan fingerprint density at radius 2 is 1.74 bits per heavy atom. The molecule has 0 saturated heterocycles. The van der Waals surface area contributed by atoms with Gasteiger partial charge < -0.3 is 4.74 Å². The van der Waals surface area contributed by atoms with Crippen LogP contribution in [0.1, 0.15) is 50.5 Å². The van der Waals surface area contributed by atoms with E-state index in [-0.39, 0.29) is 0 Å². The van der Waals surface area contributed by atoms with Crippen molar-refractivity contribution in [1.82, 2.24) is 0 Å². The number of hydrogen-bond donors (Lipinski definition) is 0. The number of Topliss-reactive ketones (excluding diaryl/α,β-unsaturated/α-hetero) is 1. The van der Waals surface area contributed by atoms with Gasteiger partial charge in [-0.15, -0.1) is 0 Å². The third-order valence-corrected chi connectivity index (χ3v) is 4.05. The standard InChI is InChI=1S/C17H24O2/c1-19-17-10-8-15(9-11-17)13-16(18)12-14-6-4-2-3-5-7-14/h8-11,14H,2-7,12-13H2,1H3. The van der Waals surface area contributed by atoms with E-state index in [9.17, 15) is 4.79 Å². The maximum Gasteiger partial charge on any atom is 0.137 e. The van der Waals surface area contributed by atoms with Crippen LogP contribution in [0.4, 0.5) is 0 Å². The highest BCUT2D eigenvalue weighted by molar-refractivity contribution is 5.81. The Morgan fingerprint density at radius 3 is 2.32 bits per heavy atom. The van der Waals surface area contributed by atoms with Gasteiger partial charge in [0.05, 0.1) is 7.11 Å². The molecule has 0 N–H and O–H groups in total. The summed E-state index contributed by atoms with van der Waals surface area (Å²) < 4.78 is 5.12. The molecule has 1 fully saturated rings. The van der Waals surface area contributed by atoms with Gasteiger partial charge in [-0.1, -0.05) is 50.7 Å². The van der Waals surface area contributed by atoms with Crippen molar-refractivity contribution in [2.24, 2.45) is 5.92 Å². The van der Waals surface area contributed by atoms with E-state index in [4.69, 9.17) is 4.74 Å². The molecule has 0 bridgehead atoms. The Bertz CT molecular complexity index is 386. The van der Waals surface area contributed by atoms with Crippen molar-refractivity contribution in [3.05, 3.63) is 29.8 Å². The van der Waals surface area contributed by atoms with Crippen LogP contribution in [0.25, 0.3) is 0 Å². The van der Waals surface area contributed by atoms with Crippen LogP contribution in [0.5, 0.6) is 5.75 Å². The minimum atomic E-state index is 0.386. The summed E-state index contributed by atoms with van der Waals surface area (Å²) in [5.74, 6) is 1.87. The van der Waals surface area contributed by atoms with E-state index in [0.29, 0.717) is 18.1 Å². The van der Waals surface area contributed by atoms with Gasteiger partial charge in [0, 0.05) is 12.8 Å². The molecule has 104 valence electrons. The molecule has 0 amide bonds. The van der Waals surface area contributed by atoms with E-state index < -0.39 is 0 Å². The van der Waals surface area contributed by atoms with Crippen LogP contribution in [0.3, 0.4) is 0 Å². The van der Waals surface area contributed by atoms with Crippen molar-refractivity contribution in [3.63, 3.8) is 0 Å². The normalized spacial score (nSPS) is 16.9. The van der Waals surface area contributed by atoms with Crippen LogP contribution in [0, 0.1) is 5.92 Å². The lowest BCUT2D eigenvalue weighted by molar-refractivity contribution is -0.119. The number of hydrogen-bond acceptors (Lipinski definition) is 2. The molecule has 2 rings (SSSR count). The monoisotopic (exact) mass is 260 g/mol. The van der Waals surface area contributed by atoms with Gasteiger partial charge in [0.2, 0.25) is 0 Å². The number of ether oxygens (including phenoxy) is 1. The number of benzene rings is 1. The third-order valence-electron chi connectivity index (χ3n) is 4.05. The predicted molar refractivity (Wildman–Crippen MR) is 77.5 cm³/mol. The third kappa shape index (κ3) is 4.70. The molecule has 0 atom stereocenters. The average molecular weight is 260 g/mol. The van der Waals surface area contributed by atoms with Crippen molar-refractivity contribution in [1.29, 1.82) is 0 Å². The number of ketones is 1. The van der Waals surface area contributed by atoms with E-state index >= 15 is 0 Å². The summed E-state index contributed by atoms with van der Waals surface area (Å²) >= 11 is 0. The lowest BCUT2D eigenvalue weighted by atomic mass is 9.92. The summed E-state index contributed by atoms with van der Waals surface area (Å²) in [6, 6.07) is 7.83. The van der Waals surface area contributed by atoms with Crippen molar-refractivity contribution in [2.45, 2.75) is 51.4 Å². The molecule has 1 aliphatic carbocycles. The quantitative estimate of drug-likeness (QED) is 0.743. The fourth-order valence-electron chi connectivity index (χ4n) is 2.93. The van der Waals surface area contributed by atoms with E-state index in [1.165, 1.54) is 38.5 Å². The Balaban J connectivity index is 1.82. The maximum atomic E-state index is 12.1. The number of carbonyl (C=O) groups is 1. The first-order valence-corrected chi connectivity index (χ1v) is 7.42. The van der Waals surface area contributed by atoms with Crippen LogP contribution in [-0.4, -0.2) is 12.9 Å². The fraction of sp³-hybridized carbons (Fsp3) is 0.588. The van der Waals surface area contributed by atoms with Gasteiger partial charge >= 0.3 is 0 Å². The number of methoxy groups -OCH3 is 1. The summed E-state index contributed by atoms with van der Waals surface area (Å²) in [7, 11) is 1.66. The maximum absolute atomic E-state index is 12.1. The van der Waals surface area contributed by atoms with Crippen molar-refractivity contribution >= 4 is 5.78 Å². The summed E-state index contributed by atoms with van der Waals surface area (Å²) in [4.78, 5) is 12.1. The van der Waals surface area contributed by atoms with Gasteiger partial charge in [-0.05, 0) is 23.6 Å². The first kappa shape index (κ1) is 14.1. The zero-order valence-electron chi connectivity index (χ0n) is 11.9. The molecule has 0 radical (unpaired) electrons. The molecule has 1 aliphatic rings. The molecule has 19 heavy (non-hydrogen) atoms. The SMILES string of the molecule is COc1ccc(CC(=O)CC2CCCCCC2)cc1. The minimum Gasteiger partial charge on any atom is -0.497 e. The van der Waals surface area contributed by atoms with E-state index in [0.717, 1.165) is 17.7 Å². The van der Waals surface area contributed by atoms with Crippen LogP contribution in [0.15, 0.2) is 24.3 Å². The van der Waals surface area contributed by atoms with Gasteiger partial charge in [-0.25, -0.2) is 0 Å². The lowest BCUT2D eigenvalue weighted by Crippen LogP contribution is -2.10. The van der Waals surface area contributed by atoms with E-state index in [1.54, 1.807) is 7.11 Å². The van der Waals surface area contributed by atoms with Gasteiger partial charge in [0.15, 0.2) is 0 Å². The molecule has 1 saturated carbocycles. The van der Waals surface area contributed by atoms with E-state index in [1.807, 2.05) is 24.3 Å². The first-order chi connectivity index (χ1) is 9.28. The second-order valence-electron chi connectivity index (χ2n) is 5.63. The smallest absolute Gasteiger partial charge is 0.137 e. The molecule has 2 nitrogen and oxygen atoms in total. The topological polar surface area (TPSA) is 26.3 Å². The average Bonchev–Trinajstić information content (AvgIpc) is 2.68. The van der Waals surface area contributed by atoms with Gasteiger partial charge in [-0.3, -0.25) is 4.79 Å². The van der Waals surface area contributed by atoms with Gasteiger partial charge in [-0.2, -0.15) is 0 Å². The molecule has 1 aromatic carbocycles. The summed E-state index contributed by atoms with van der Waals surface area (Å²) in [6.07, 6.45) is 9.14. The molecule has 0 spiro atoms. The second-order valence-corrected chi connectivity index (χ2v) is 5.63. The highest BCUT2D eigenvalue weighted by Gasteiger charge is 2.16. The molecule has 2 heteroatoms. The van der Waals surface area contributed by atoms with Gasteiger partial charge in [0.25, 0.3) is 0 Å². The van der Waals surface area contributed by atoms with Crippen molar-refractivity contribution in [3.8, 4) is 5.75 Å². The molecule has 1 aromatic rings. The van der Waals surface area contributed by atoms with Crippen molar-refractivity contribution in [2.75, 3.05) is 7.11 Å². The van der Waals surface area contributed by atoms with Crippen LogP contribution in [-0.2, 0) is 11.2 Å². The summed E-state index contributed by atoms with van der Waals surface area (Å²) in [6.45, 7) is 0. The fourth-order valence-corrected chi connectivity index (χ4v) is 2.93. The largest absolute Gasteiger partial charge is 0.497 e. The Kier molecular flexibility index (Phi) is 5.44. The number of rotatable bonds is 5. The Labute approximate surface area is 116 Å². The molecule has 0 heterocycles. The molecule has 0 aromatic heterocycles. The highest BCUT2D eigenvalue weighted by atomic mass is 16.5. The van der Waals surface area contributed by atoms with Gasteiger partial charge in [0.1, 0.15) is 11.5 Å². The first-order valence-electron chi connectivity index (χ1n) is 7.42. The van der Waals surface area contributed by atoms with Crippen LogP contribution >= 0.6 is 0 Å². The van der Waals surface area contributed by atoms with Crippen LogP contribution in [0.2, 0.25) is 0 Å².